The highest BCUT2D eigenvalue weighted by atomic mass is 16.5. The third kappa shape index (κ3) is 2.62. The molecule has 0 saturated carbocycles. The molecule has 0 atom stereocenters. The molecule has 18 heavy (non-hydrogen) atoms. The smallest absolute Gasteiger partial charge is 0.317 e. The summed E-state index contributed by atoms with van der Waals surface area (Å²) in [5.41, 5.74) is 2.09. The number of H-pyrrole nitrogens is 1. The molecule has 1 heterocycles. The summed E-state index contributed by atoms with van der Waals surface area (Å²) in [5, 5.41) is 9.80. The van der Waals surface area contributed by atoms with E-state index in [-0.39, 0.29) is 6.54 Å². The average molecular weight is 248 g/mol. The number of methoxy groups -OCH3 is 1. The molecule has 0 spiro atoms. The fourth-order valence-corrected chi connectivity index (χ4v) is 1.99. The van der Waals surface area contributed by atoms with Crippen molar-refractivity contribution in [3.63, 3.8) is 0 Å². The van der Waals surface area contributed by atoms with E-state index in [2.05, 4.69) is 4.98 Å². The van der Waals surface area contributed by atoms with Gasteiger partial charge in [0.1, 0.15) is 5.75 Å². The van der Waals surface area contributed by atoms with Crippen molar-refractivity contribution in [2.45, 2.75) is 6.54 Å². The number of aromatic amines is 1. The largest absolute Gasteiger partial charge is 0.497 e. The molecule has 1 aromatic heterocycles. The molecule has 96 valence electrons. The van der Waals surface area contributed by atoms with Gasteiger partial charge in [0.05, 0.1) is 13.7 Å². The number of nitrogens with one attached hydrogen (secondary N) is 1. The fourth-order valence-electron chi connectivity index (χ4n) is 1.99. The first-order chi connectivity index (χ1) is 8.60. The Morgan fingerprint density at radius 3 is 2.94 bits per heavy atom. The van der Waals surface area contributed by atoms with Crippen LogP contribution in [-0.4, -0.2) is 41.7 Å². The fraction of sp³-hybridized carbons (Fsp3) is 0.308. The number of aromatic nitrogens is 1. The van der Waals surface area contributed by atoms with Crippen molar-refractivity contribution < 1.29 is 14.6 Å². The normalized spacial score (nSPS) is 11.1. The minimum absolute atomic E-state index is 0.0244. The number of ether oxygens (including phenoxy) is 1. The Kier molecular flexibility index (Phi) is 3.53. The number of fused-ring (bicyclic) bond motifs is 1. The number of carboxylic acids is 1. The zero-order valence-electron chi connectivity index (χ0n) is 10.4. The van der Waals surface area contributed by atoms with E-state index in [1.807, 2.05) is 24.4 Å². The Morgan fingerprint density at radius 2 is 2.28 bits per heavy atom. The molecular formula is C13H16N2O3. The molecule has 0 saturated heterocycles. The van der Waals surface area contributed by atoms with E-state index >= 15 is 0 Å². The van der Waals surface area contributed by atoms with Crippen LogP contribution in [-0.2, 0) is 11.3 Å². The highest BCUT2D eigenvalue weighted by Crippen LogP contribution is 2.24. The predicted molar refractivity (Wildman–Crippen MR) is 68.8 cm³/mol. The second kappa shape index (κ2) is 5.10. The summed E-state index contributed by atoms with van der Waals surface area (Å²) in [5.74, 6) is -0.0286. The number of likely N-dealkylation sites (N-methyl/N-ethyl adjacent to an activating group) is 1. The quantitative estimate of drug-likeness (QED) is 0.845. The molecule has 2 aromatic rings. The maximum atomic E-state index is 10.6. The summed E-state index contributed by atoms with van der Waals surface area (Å²) in [7, 11) is 3.41. The van der Waals surface area contributed by atoms with Crippen LogP contribution in [0.3, 0.4) is 0 Å². The van der Waals surface area contributed by atoms with Gasteiger partial charge < -0.3 is 14.8 Å². The van der Waals surface area contributed by atoms with Gasteiger partial charge in [-0.3, -0.25) is 9.69 Å². The summed E-state index contributed by atoms with van der Waals surface area (Å²) < 4.78 is 5.19. The van der Waals surface area contributed by atoms with Gasteiger partial charge in [-0.25, -0.2) is 0 Å². The molecule has 0 aliphatic carbocycles. The molecule has 0 fully saturated rings. The van der Waals surface area contributed by atoms with Crippen LogP contribution in [0.1, 0.15) is 5.56 Å². The Morgan fingerprint density at radius 1 is 1.50 bits per heavy atom. The first-order valence-corrected chi connectivity index (χ1v) is 5.64. The number of benzene rings is 1. The number of rotatable bonds is 5. The molecule has 0 radical (unpaired) electrons. The van der Waals surface area contributed by atoms with Crippen molar-refractivity contribution in [2.24, 2.45) is 0 Å². The van der Waals surface area contributed by atoms with Crippen LogP contribution in [0.2, 0.25) is 0 Å². The molecule has 0 aliphatic heterocycles. The highest BCUT2D eigenvalue weighted by Gasteiger charge is 2.09. The monoisotopic (exact) mass is 248 g/mol. The number of nitrogens with zero attached hydrogens (tertiary/aromatic N) is 1. The summed E-state index contributed by atoms with van der Waals surface area (Å²) in [6, 6.07) is 5.80. The van der Waals surface area contributed by atoms with Gasteiger partial charge in [-0.1, -0.05) is 0 Å². The maximum absolute atomic E-state index is 10.6. The van der Waals surface area contributed by atoms with Gasteiger partial charge >= 0.3 is 5.97 Å². The average Bonchev–Trinajstić information content (AvgIpc) is 2.70. The van der Waals surface area contributed by atoms with Crippen molar-refractivity contribution in [3.8, 4) is 5.75 Å². The van der Waals surface area contributed by atoms with Crippen LogP contribution >= 0.6 is 0 Å². The third-order valence-electron chi connectivity index (χ3n) is 2.82. The molecule has 2 rings (SSSR count). The molecule has 2 N–H and O–H groups in total. The SMILES string of the molecule is COc1ccc2[nH]cc(CN(C)CC(=O)O)c2c1. The lowest BCUT2D eigenvalue weighted by molar-refractivity contribution is -0.138. The number of carbonyl (C=O) groups is 1. The zero-order chi connectivity index (χ0) is 13.1. The van der Waals surface area contributed by atoms with Crippen LogP contribution in [0, 0.1) is 0 Å². The van der Waals surface area contributed by atoms with Gasteiger partial charge in [0.25, 0.3) is 0 Å². The van der Waals surface area contributed by atoms with Crippen LogP contribution in [0.25, 0.3) is 10.9 Å². The van der Waals surface area contributed by atoms with E-state index in [0.29, 0.717) is 6.54 Å². The van der Waals surface area contributed by atoms with Gasteiger partial charge in [-0.05, 0) is 30.8 Å². The third-order valence-corrected chi connectivity index (χ3v) is 2.82. The van der Waals surface area contributed by atoms with Gasteiger partial charge in [0.15, 0.2) is 0 Å². The van der Waals surface area contributed by atoms with E-state index in [4.69, 9.17) is 9.84 Å². The predicted octanol–water partition coefficient (Wildman–Crippen LogP) is 1.69. The van der Waals surface area contributed by atoms with Gasteiger partial charge in [0.2, 0.25) is 0 Å². The lowest BCUT2D eigenvalue weighted by atomic mass is 10.1. The second-order valence-corrected chi connectivity index (χ2v) is 4.29. The molecule has 0 bridgehead atoms. The summed E-state index contributed by atoms with van der Waals surface area (Å²) in [4.78, 5) is 15.6. The van der Waals surface area contributed by atoms with Crippen LogP contribution in [0.15, 0.2) is 24.4 Å². The van der Waals surface area contributed by atoms with Crippen molar-refractivity contribution in [1.29, 1.82) is 0 Å². The molecule has 0 amide bonds. The number of aliphatic carboxylic acids is 1. The summed E-state index contributed by atoms with van der Waals surface area (Å²) in [6.45, 7) is 0.607. The molecule has 0 aliphatic rings. The van der Waals surface area contributed by atoms with Crippen LogP contribution in [0.4, 0.5) is 0 Å². The minimum Gasteiger partial charge on any atom is -0.497 e. The van der Waals surface area contributed by atoms with E-state index < -0.39 is 5.97 Å². The maximum Gasteiger partial charge on any atom is 0.317 e. The number of hydrogen-bond donors (Lipinski definition) is 2. The van der Waals surface area contributed by atoms with Crippen LogP contribution < -0.4 is 4.74 Å². The Balaban J connectivity index is 2.25. The van der Waals surface area contributed by atoms with Crippen LogP contribution in [0.5, 0.6) is 5.75 Å². The van der Waals surface area contributed by atoms with Gasteiger partial charge in [-0.2, -0.15) is 0 Å². The second-order valence-electron chi connectivity index (χ2n) is 4.29. The van der Waals surface area contributed by atoms with Crippen molar-refractivity contribution in [3.05, 3.63) is 30.0 Å². The summed E-state index contributed by atoms with van der Waals surface area (Å²) >= 11 is 0. The molecule has 5 heteroatoms. The topological polar surface area (TPSA) is 65.6 Å². The van der Waals surface area contributed by atoms with E-state index in [1.165, 1.54) is 0 Å². The van der Waals surface area contributed by atoms with E-state index in [0.717, 1.165) is 22.2 Å². The number of hydrogen-bond acceptors (Lipinski definition) is 3. The molecular weight excluding hydrogens is 232 g/mol. The van der Waals surface area contributed by atoms with Crippen molar-refractivity contribution >= 4 is 16.9 Å². The van der Waals surface area contributed by atoms with Gasteiger partial charge in [0, 0.05) is 23.6 Å². The standard InChI is InChI=1S/C13H16N2O3/c1-15(8-13(16)17)7-9-6-14-12-4-3-10(18-2)5-11(9)12/h3-6,14H,7-8H2,1-2H3,(H,16,17). The Hall–Kier alpha value is -2.01. The summed E-state index contributed by atoms with van der Waals surface area (Å²) in [6.07, 6.45) is 1.91. The Bertz CT molecular complexity index is 562. The first-order valence-electron chi connectivity index (χ1n) is 5.64. The lowest BCUT2D eigenvalue weighted by Gasteiger charge is -2.13. The molecule has 5 nitrogen and oxygen atoms in total. The highest BCUT2D eigenvalue weighted by molar-refractivity contribution is 5.84. The Labute approximate surface area is 105 Å². The lowest BCUT2D eigenvalue weighted by Crippen LogP contribution is -2.24. The first kappa shape index (κ1) is 12.4. The van der Waals surface area contributed by atoms with E-state index in [1.54, 1.807) is 19.1 Å². The zero-order valence-corrected chi connectivity index (χ0v) is 10.4. The van der Waals surface area contributed by atoms with Gasteiger partial charge in [-0.15, -0.1) is 0 Å². The van der Waals surface area contributed by atoms with E-state index in [9.17, 15) is 4.79 Å². The number of carboxylic acid groups (broad SMARTS) is 1. The van der Waals surface area contributed by atoms with Crippen molar-refractivity contribution in [1.82, 2.24) is 9.88 Å². The van der Waals surface area contributed by atoms with Crippen molar-refractivity contribution in [2.75, 3.05) is 20.7 Å². The minimum atomic E-state index is -0.824. The molecule has 1 aromatic carbocycles. The molecule has 0 unspecified atom stereocenters.